The lowest BCUT2D eigenvalue weighted by molar-refractivity contribution is -0.667. The van der Waals surface area contributed by atoms with E-state index < -0.39 is 0 Å². The number of aromatic nitrogens is 1. The summed E-state index contributed by atoms with van der Waals surface area (Å²) in [6.45, 7) is 3.48. The van der Waals surface area contributed by atoms with Crippen molar-refractivity contribution in [1.29, 1.82) is 0 Å². The molecule has 1 aromatic carbocycles. The third-order valence-corrected chi connectivity index (χ3v) is 6.19. The fraction of sp³-hybridized carbons (Fsp3) is 0.696. The average Bonchev–Trinajstić information content (AvgIpc) is 3.05. The first-order valence-electron chi connectivity index (χ1n) is 10.8. The Morgan fingerprint density at radius 1 is 0.692 bits per heavy atom. The zero-order valence-electron chi connectivity index (χ0n) is 16.7. The van der Waals surface area contributed by atoms with Crippen molar-refractivity contribution in [3.05, 3.63) is 29.8 Å². The molecule has 0 N–H and O–H groups in total. The van der Waals surface area contributed by atoms with Crippen LogP contribution in [-0.2, 0) is 6.54 Å². The lowest BCUT2D eigenvalue weighted by atomic mass is 10.0. The van der Waals surface area contributed by atoms with Crippen molar-refractivity contribution in [2.75, 3.05) is 0 Å². The summed E-state index contributed by atoms with van der Waals surface area (Å²) in [4.78, 5) is 0. The monoisotopic (exact) mass is 395 g/mol. The molecule has 148 valence electrons. The maximum Gasteiger partial charge on any atom is 0.225 e. The number of hydrogen-bond acceptors (Lipinski definition) is 1. The van der Waals surface area contributed by atoms with Crippen LogP contribution in [0.1, 0.15) is 96.8 Å². The smallest absolute Gasteiger partial charge is 0.225 e. The van der Waals surface area contributed by atoms with Gasteiger partial charge in [0.15, 0.2) is 0 Å². The van der Waals surface area contributed by atoms with E-state index in [0.717, 1.165) is 0 Å². The average molecular weight is 396 g/mol. The zero-order valence-corrected chi connectivity index (χ0v) is 18.3. The van der Waals surface area contributed by atoms with E-state index >= 15 is 0 Å². The van der Waals surface area contributed by atoms with E-state index in [9.17, 15) is 0 Å². The number of thiazole rings is 1. The molecule has 0 fully saturated rings. The second-order valence-corrected chi connectivity index (χ2v) is 8.37. The molecule has 0 saturated carbocycles. The number of nitrogens with zero attached hydrogens (tertiary/aromatic N) is 1. The molecule has 2 rings (SSSR count). The third kappa shape index (κ3) is 9.37. The van der Waals surface area contributed by atoms with Gasteiger partial charge in [0, 0.05) is 12.5 Å². The quantitative estimate of drug-likeness (QED) is 0.304. The number of unbranched alkanes of at least 4 members (excludes halogenated alkanes) is 13. The van der Waals surface area contributed by atoms with Gasteiger partial charge in [0.05, 0.1) is 0 Å². The predicted octanol–water partition coefficient (Wildman–Crippen LogP) is 4.67. The number of benzene rings is 1. The van der Waals surface area contributed by atoms with Gasteiger partial charge in [-0.1, -0.05) is 107 Å². The second kappa shape index (κ2) is 15.5. The number of aryl methyl sites for hydroxylation is 1. The third-order valence-electron chi connectivity index (χ3n) is 5.23. The van der Waals surface area contributed by atoms with E-state index in [0.29, 0.717) is 0 Å². The van der Waals surface area contributed by atoms with Gasteiger partial charge in [-0.3, -0.25) is 0 Å². The summed E-state index contributed by atoms with van der Waals surface area (Å²) in [5, 5.41) is 0. The molecule has 1 aromatic heterocycles. The minimum Gasteiger partial charge on any atom is -1.00 e. The molecule has 26 heavy (non-hydrogen) atoms. The fourth-order valence-corrected chi connectivity index (χ4v) is 4.54. The Balaban J connectivity index is 0.00000338. The first kappa shape index (κ1) is 23.4. The van der Waals surface area contributed by atoms with Gasteiger partial charge in [0.2, 0.25) is 11.0 Å². The standard InChI is InChI=1S/C23H38NS.ClH/c1-2-3-4-5-6-7-8-9-10-11-12-13-14-17-20-24-21-25-23-19-16-15-18-22(23)24;/h15-16,18-19,21H,2-14,17,20H2,1H3;1H/q+1;/p-1. The molecule has 0 radical (unpaired) electrons. The van der Waals surface area contributed by atoms with Crippen LogP contribution in [0.4, 0.5) is 0 Å². The molecule has 0 aliphatic carbocycles. The van der Waals surface area contributed by atoms with Crippen molar-refractivity contribution in [2.24, 2.45) is 0 Å². The number of para-hydroxylation sites is 1. The molecule has 0 atom stereocenters. The first-order valence-corrected chi connectivity index (χ1v) is 11.7. The van der Waals surface area contributed by atoms with Crippen LogP contribution < -0.4 is 17.0 Å². The van der Waals surface area contributed by atoms with Crippen LogP contribution in [0.15, 0.2) is 29.8 Å². The molecule has 0 amide bonds. The Kier molecular flexibility index (Phi) is 13.9. The maximum atomic E-state index is 2.43. The van der Waals surface area contributed by atoms with Gasteiger partial charge in [0.25, 0.3) is 0 Å². The largest absolute Gasteiger partial charge is 1.00 e. The Labute approximate surface area is 171 Å². The molecule has 3 heteroatoms. The zero-order chi connectivity index (χ0) is 17.6. The van der Waals surface area contributed by atoms with Crippen LogP contribution in [0.3, 0.4) is 0 Å². The summed E-state index contributed by atoms with van der Waals surface area (Å²) in [6, 6.07) is 8.75. The predicted molar refractivity (Wildman–Crippen MR) is 112 cm³/mol. The van der Waals surface area contributed by atoms with Crippen molar-refractivity contribution in [1.82, 2.24) is 0 Å². The van der Waals surface area contributed by atoms with Gasteiger partial charge >= 0.3 is 0 Å². The maximum absolute atomic E-state index is 2.43. The molecule has 0 aliphatic heterocycles. The minimum atomic E-state index is 0. The highest BCUT2D eigenvalue weighted by molar-refractivity contribution is 7.16. The van der Waals surface area contributed by atoms with Crippen LogP contribution in [0.5, 0.6) is 0 Å². The SMILES string of the molecule is CCCCCCCCCCCCCCCC[n+]1csc2ccccc21.[Cl-]. The molecule has 0 bridgehead atoms. The van der Waals surface area contributed by atoms with Crippen molar-refractivity contribution in [3.63, 3.8) is 0 Å². The Bertz CT molecular complexity index is 566. The lowest BCUT2D eigenvalue weighted by Gasteiger charge is -2.02. The Hall–Kier alpha value is -0.600. The van der Waals surface area contributed by atoms with Crippen LogP contribution in [0, 0.1) is 0 Å². The topological polar surface area (TPSA) is 3.88 Å². The molecular formula is C23H38ClNS. The van der Waals surface area contributed by atoms with E-state index in [1.165, 1.54) is 107 Å². The summed E-state index contributed by atoms with van der Waals surface area (Å²) < 4.78 is 3.84. The van der Waals surface area contributed by atoms with Crippen LogP contribution >= 0.6 is 11.3 Å². The highest BCUT2D eigenvalue weighted by Crippen LogP contribution is 2.16. The number of fused-ring (bicyclic) bond motifs is 1. The lowest BCUT2D eigenvalue weighted by Crippen LogP contribution is -3.00. The van der Waals surface area contributed by atoms with Crippen molar-refractivity contribution < 1.29 is 17.0 Å². The van der Waals surface area contributed by atoms with Crippen molar-refractivity contribution >= 4 is 21.6 Å². The van der Waals surface area contributed by atoms with Crippen molar-refractivity contribution in [3.8, 4) is 0 Å². The van der Waals surface area contributed by atoms with Gasteiger partial charge in [-0.15, -0.1) is 0 Å². The first-order chi connectivity index (χ1) is 12.4. The summed E-state index contributed by atoms with van der Waals surface area (Å²) in [6.07, 6.45) is 20.0. The van der Waals surface area contributed by atoms with Gasteiger partial charge in [-0.05, 0) is 12.5 Å². The summed E-state index contributed by atoms with van der Waals surface area (Å²) in [5.41, 5.74) is 3.69. The molecule has 0 unspecified atom stereocenters. The van der Waals surface area contributed by atoms with Gasteiger partial charge in [0.1, 0.15) is 11.2 Å². The molecule has 1 heterocycles. The molecule has 0 saturated heterocycles. The number of hydrogen-bond donors (Lipinski definition) is 0. The highest BCUT2D eigenvalue weighted by Gasteiger charge is 2.09. The normalized spacial score (nSPS) is 11.0. The molecule has 0 spiro atoms. The summed E-state index contributed by atoms with van der Waals surface area (Å²) >= 11 is 1.86. The Morgan fingerprint density at radius 2 is 1.19 bits per heavy atom. The van der Waals surface area contributed by atoms with Crippen molar-refractivity contribution in [2.45, 2.75) is 103 Å². The van der Waals surface area contributed by atoms with E-state index in [-0.39, 0.29) is 12.4 Å². The van der Waals surface area contributed by atoms with Gasteiger partial charge in [-0.25, -0.2) is 0 Å². The fourth-order valence-electron chi connectivity index (χ4n) is 3.62. The minimum absolute atomic E-state index is 0. The van der Waals surface area contributed by atoms with Crippen LogP contribution in [0.2, 0.25) is 0 Å². The Morgan fingerprint density at radius 3 is 1.77 bits per heavy atom. The van der Waals surface area contributed by atoms with E-state index in [2.05, 4.69) is 41.3 Å². The second-order valence-electron chi connectivity index (χ2n) is 7.48. The summed E-state index contributed by atoms with van der Waals surface area (Å²) in [7, 11) is 0. The molecule has 2 aromatic rings. The van der Waals surface area contributed by atoms with E-state index in [1.54, 1.807) is 0 Å². The van der Waals surface area contributed by atoms with Crippen LogP contribution in [-0.4, -0.2) is 0 Å². The van der Waals surface area contributed by atoms with E-state index in [1.807, 2.05) is 11.3 Å². The summed E-state index contributed by atoms with van der Waals surface area (Å²) in [5.74, 6) is 0. The highest BCUT2D eigenvalue weighted by atomic mass is 35.5. The van der Waals surface area contributed by atoms with Gasteiger partial charge < -0.3 is 12.4 Å². The number of halogens is 1. The van der Waals surface area contributed by atoms with Gasteiger partial charge in [-0.2, -0.15) is 4.57 Å². The molecular weight excluding hydrogens is 358 g/mol. The number of rotatable bonds is 15. The van der Waals surface area contributed by atoms with E-state index in [4.69, 9.17) is 0 Å². The molecule has 1 nitrogen and oxygen atoms in total. The molecule has 0 aliphatic rings. The van der Waals surface area contributed by atoms with Crippen LogP contribution in [0.25, 0.3) is 10.2 Å².